The Hall–Kier alpha value is -3.10. The van der Waals surface area contributed by atoms with Crippen molar-refractivity contribution in [1.82, 2.24) is 9.88 Å². The van der Waals surface area contributed by atoms with Crippen LogP contribution < -0.4 is 9.46 Å². The van der Waals surface area contributed by atoms with Gasteiger partial charge in [-0.05, 0) is 42.5 Å². The van der Waals surface area contributed by atoms with Gasteiger partial charge in [0.1, 0.15) is 10.6 Å². The van der Waals surface area contributed by atoms with Gasteiger partial charge in [-0.1, -0.05) is 29.8 Å². The fourth-order valence-electron chi connectivity index (χ4n) is 2.80. The van der Waals surface area contributed by atoms with Crippen molar-refractivity contribution in [3.63, 3.8) is 0 Å². The SMILES string of the molecule is COc1ccccc1NS(=O)(=O)c1cc(C(=O)N(C)Cc2ccccn2)ccc1Cl. The molecule has 0 aliphatic rings. The molecule has 2 aromatic carbocycles. The monoisotopic (exact) mass is 445 g/mol. The highest BCUT2D eigenvalue weighted by Crippen LogP contribution is 2.29. The Balaban J connectivity index is 1.88. The number of amides is 1. The molecule has 1 amide bonds. The standard InChI is InChI=1S/C21H20ClN3O4S/c1-25(14-16-7-5-6-12-23-16)21(26)15-10-11-17(22)20(13-15)30(27,28)24-18-8-3-4-9-19(18)29-2/h3-13,24H,14H2,1-2H3. The van der Waals surface area contributed by atoms with Gasteiger partial charge in [0.25, 0.3) is 15.9 Å². The molecule has 1 aromatic heterocycles. The minimum Gasteiger partial charge on any atom is -0.495 e. The van der Waals surface area contributed by atoms with E-state index in [2.05, 4.69) is 9.71 Å². The first kappa shape index (κ1) is 21.6. The molecule has 0 atom stereocenters. The van der Waals surface area contributed by atoms with Crippen molar-refractivity contribution in [3.8, 4) is 5.75 Å². The predicted octanol–water partition coefficient (Wildman–Crippen LogP) is 3.82. The highest BCUT2D eigenvalue weighted by Gasteiger charge is 2.23. The molecular formula is C21H20ClN3O4S. The molecule has 3 aromatic rings. The van der Waals surface area contributed by atoms with Crippen LogP contribution in [0.3, 0.4) is 0 Å². The fourth-order valence-corrected chi connectivity index (χ4v) is 4.40. The topological polar surface area (TPSA) is 88.6 Å². The minimum absolute atomic E-state index is 0.00123. The number of sulfonamides is 1. The molecular weight excluding hydrogens is 426 g/mol. The minimum atomic E-state index is -4.06. The van der Waals surface area contributed by atoms with Crippen molar-refractivity contribution in [1.29, 1.82) is 0 Å². The Labute approximate surface area is 180 Å². The van der Waals surface area contributed by atoms with Gasteiger partial charge in [0.15, 0.2) is 0 Å². The number of aromatic nitrogens is 1. The van der Waals surface area contributed by atoms with Crippen molar-refractivity contribution in [2.45, 2.75) is 11.4 Å². The number of carbonyl (C=O) groups excluding carboxylic acids is 1. The molecule has 0 aliphatic heterocycles. The van der Waals surface area contributed by atoms with Crippen LogP contribution in [0.1, 0.15) is 16.1 Å². The lowest BCUT2D eigenvalue weighted by Crippen LogP contribution is -2.27. The zero-order valence-corrected chi connectivity index (χ0v) is 17.9. The van der Waals surface area contributed by atoms with Crippen LogP contribution in [0.15, 0.2) is 71.8 Å². The summed E-state index contributed by atoms with van der Waals surface area (Å²) < 4.78 is 33.5. The lowest BCUT2D eigenvalue weighted by Gasteiger charge is -2.18. The summed E-state index contributed by atoms with van der Waals surface area (Å²) >= 11 is 6.15. The van der Waals surface area contributed by atoms with Crippen molar-refractivity contribution in [3.05, 3.63) is 83.1 Å². The number of benzene rings is 2. The highest BCUT2D eigenvalue weighted by molar-refractivity contribution is 7.92. The smallest absolute Gasteiger partial charge is 0.263 e. The zero-order valence-electron chi connectivity index (χ0n) is 16.4. The third kappa shape index (κ3) is 4.90. The van der Waals surface area contributed by atoms with Crippen molar-refractivity contribution >= 4 is 33.2 Å². The molecule has 0 saturated heterocycles. The number of hydrogen-bond acceptors (Lipinski definition) is 5. The van der Waals surface area contributed by atoms with E-state index >= 15 is 0 Å². The Bertz CT molecular complexity index is 1150. The van der Waals surface area contributed by atoms with Crippen molar-refractivity contribution in [2.24, 2.45) is 0 Å². The summed E-state index contributed by atoms with van der Waals surface area (Å²) in [5.41, 5.74) is 1.17. The zero-order chi connectivity index (χ0) is 21.7. The van der Waals surface area contributed by atoms with Crippen LogP contribution in [0.2, 0.25) is 5.02 Å². The second kappa shape index (κ2) is 9.15. The van der Waals surface area contributed by atoms with Gasteiger partial charge in [0.2, 0.25) is 0 Å². The molecule has 7 nitrogen and oxygen atoms in total. The Morgan fingerprint density at radius 3 is 2.57 bits per heavy atom. The number of nitrogens with zero attached hydrogens (tertiary/aromatic N) is 2. The number of carbonyl (C=O) groups is 1. The number of halogens is 1. The maximum absolute atomic E-state index is 12.9. The summed E-state index contributed by atoms with van der Waals surface area (Å²) in [6.45, 7) is 0.282. The van der Waals surface area contributed by atoms with Crippen LogP contribution in [0.4, 0.5) is 5.69 Å². The normalized spacial score (nSPS) is 11.0. The molecule has 0 fully saturated rings. The molecule has 0 bridgehead atoms. The summed E-state index contributed by atoms with van der Waals surface area (Å²) in [5.74, 6) is 0.00517. The first-order valence-corrected chi connectivity index (χ1v) is 10.8. The number of methoxy groups -OCH3 is 1. The Kier molecular flexibility index (Phi) is 6.59. The average molecular weight is 446 g/mol. The maximum atomic E-state index is 12.9. The third-order valence-corrected chi connectivity index (χ3v) is 6.14. The summed E-state index contributed by atoms with van der Waals surface area (Å²) in [4.78, 5) is 18.3. The number of nitrogens with one attached hydrogen (secondary N) is 1. The van der Waals surface area contributed by atoms with Crippen LogP contribution in [0.5, 0.6) is 5.75 Å². The molecule has 9 heteroatoms. The number of anilines is 1. The van der Waals surface area contributed by atoms with Gasteiger partial charge >= 0.3 is 0 Å². The quantitative estimate of drug-likeness (QED) is 0.597. The third-order valence-electron chi connectivity index (χ3n) is 4.29. The van der Waals surface area contributed by atoms with Crippen molar-refractivity contribution < 1.29 is 17.9 Å². The molecule has 0 saturated carbocycles. The average Bonchev–Trinajstić information content (AvgIpc) is 2.74. The Morgan fingerprint density at radius 2 is 1.87 bits per heavy atom. The number of hydrogen-bond donors (Lipinski definition) is 1. The Morgan fingerprint density at radius 1 is 1.13 bits per heavy atom. The molecule has 3 rings (SSSR count). The number of pyridine rings is 1. The second-order valence-corrected chi connectivity index (χ2v) is 8.49. The largest absolute Gasteiger partial charge is 0.495 e. The number of ether oxygens (including phenoxy) is 1. The predicted molar refractivity (Wildman–Crippen MR) is 115 cm³/mol. The first-order valence-electron chi connectivity index (χ1n) is 8.92. The number of rotatable bonds is 7. The molecule has 0 unspecified atom stereocenters. The summed E-state index contributed by atoms with van der Waals surface area (Å²) in [5, 5.41) is 0.00123. The van der Waals surface area contributed by atoms with E-state index in [1.165, 1.54) is 30.2 Å². The van der Waals surface area contributed by atoms with Gasteiger partial charge in [-0.3, -0.25) is 14.5 Å². The van der Waals surface area contributed by atoms with Gasteiger partial charge < -0.3 is 9.64 Å². The summed E-state index contributed by atoms with van der Waals surface area (Å²) in [6.07, 6.45) is 1.64. The van der Waals surface area contributed by atoms with E-state index in [1.807, 2.05) is 6.07 Å². The van der Waals surface area contributed by atoms with Crippen LogP contribution >= 0.6 is 11.6 Å². The molecule has 30 heavy (non-hydrogen) atoms. The fraction of sp³-hybridized carbons (Fsp3) is 0.143. The lowest BCUT2D eigenvalue weighted by atomic mass is 10.2. The van der Waals surface area contributed by atoms with Crippen LogP contribution in [-0.4, -0.2) is 38.4 Å². The maximum Gasteiger partial charge on any atom is 0.263 e. The van der Waals surface area contributed by atoms with Gasteiger partial charge in [-0.2, -0.15) is 0 Å². The van der Waals surface area contributed by atoms with E-state index in [9.17, 15) is 13.2 Å². The molecule has 0 radical (unpaired) electrons. The van der Waals surface area contributed by atoms with Crippen LogP contribution in [0, 0.1) is 0 Å². The van der Waals surface area contributed by atoms with Crippen LogP contribution in [-0.2, 0) is 16.6 Å². The summed E-state index contributed by atoms with van der Waals surface area (Å²) in [6, 6.07) is 16.2. The van der Waals surface area contributed by atoms with Gasteiger partial charge in [-0.25, -0.2) is 8.42 Å². The van der Waals surface area contributed by atoms with Gasteiger partial charge in [-0.15, -0.1) is 0 Å². The molecule has 0 aliphatic carbocycles. The van der Waals surface area contributed by atoms with Crippen molar-refractivity contribution in [2.75, 3.05) is 18.9 Å². The lowest BCUT2D eigenvalue weighted by molar-refractivity contribution is 0.0783. The van der Waals surface area contributed by atoms with Gasteiger partial charge in [0, 0.05) is 18.8 Å². The van der Waals surface area contributed by atoms with E-state index < -0.39 is 10.0 Å². The van der Waals surface area contributed by atoms with E-state index in [-0.39, 0.29) is 33.6 Å². The van der Waals surface area contributed by atoms with E-state index in [0.29, 0.717) is 11.4 Å². The molecule has 0 spiro atoms. The molecule has 1 N–H and O–H groups in total. The summed E-state index contributed by atoms with van der Waals surface area (Å²) in [7, 11) is -1.00. The first-order chi connectivity index (χ1) is 14.3. The molecule has 156 valence electrons. The van der Waals surface area contributed by atoms with E-state index in [0.717, 1.165) is 0 Å². The van der Waals surface area contributed by atoms with E-state index in [1.54, 1.807) is 49.6 Å². The van der Waals surface area contributed by atoms with E-state index in [4.69, 9.17) is 16.3 Å². The van der Waals surface area contributed by atoms with Gasteiger partial charge in [0.05, 0.1) is 30.1 Å². The second-order valence-electron chi connectivity index (χ2n) is 6.43. The highest BCUT2D eigenvalue weighted by atomic mass is 35.5. The van der Waals surface area contributed by atoms with Crippen LogP contribution in [0.25, 0.3) is 0 Å². The number of para-hydroxylation sites is 2. The molecule has 1 heterocycles.